The first-order chi connectivity index (χ1) is 12.2. The number of carboxylic acids is 1. The van der Waals surface area contributed by atoms with E-state index in [4.69, 9.17) is 10.8 Å². The molecule has 0 spiro atoms. The van der Waals surface area contributed by atoms with Crippen molar-refractivity contribution >= 4 is 60.7 Å². The van der Waals surface area contributed by atoms with Crippen LogP contribution < -0.4 is 21.7 Å². The monoisotopic (exact) mass is 426 g/mol. The van der Waals surface area contributed by atoms with E-state index < -0.39 is 47.9 Å². The quantitative estimate of drug-likeness (QED) is 0.187. The summed E-state index contributed by atoms with van der Waals surface area (Å²) in [7, 11) is 0. The molecule has 12 heteroatoms. The molecule has 3 amide bonds. The molecule has 0 saturated carbocycles. The maximum atomic E-state index is 12.4. The van der Waals surface area contributed by atoms with Gasteiger partial charge in [-0.25, -0.2) is 0 Å². The Hall–Kier alpha value is -1.11. The molecular weight excluding hydrogens is 400 g/mol. The van der Waals surface area contributed by atoms with Crippen molar-refractivity contribution in [3.63, 3.8) is 0 Å². The van der Waals surface area contributed by atoms with Crippen molar-refractivity contribution in [3.05, 3.63) is 0 Å². The van der Waals surface area contributed by atoms with Crippen LogP contribution in [0.5, 0.6) is 0 Å². The molecule has 9 nitrogen and oxygen atoms in total. The number of carbonyl (C=O) groups is 4. The first kappa shape index (κ1) is 24.9. The molecule has 0 heterocycles. The van der Waals surface area contributed by atoms with Crippen LogP contribution in [0.4, 0.5) is 0 Å². The van der Waals surface area contributed by atoms with Gasteiger partial charge in [0, 0.05) is 11.5 Å². The van der Waals surface area contributed by atoms with Crippen LogP contribution in [-0.2, 0) is 19.2 Å². The van der Waals surface area contributed by atoms with E-state index in [1.165, 1.54) is 18.7 Å². The highest BCUT2D eigenvalue weighted by Gasteiger charge is 2.28. The van der Waals surface area contributed by atoms with E-state index in [1.807, 2.05) is 6.26 Å². The van der Waals surface area contributed by atoms with E-state index >= 15 is 0 Å². The van der Waals surface area contributed by atoms with Gasteiger partial charge in [0.2, 0.25) is 17.7 Å². The van der Waals surface area contributed by atoms with Crippen molar-refractivity contribution in [2.45, 2.75) is 37.5 Å². The number of aliphatic carboxylic acids is 1. The normalized spacial score (nSPS) is 15.3. The van der Waals surface area contributed by atoms with Crippen molar-refractivity contribution in [3.8, 4) is 0 Å². The van der Waals surface area contributed by atoms with Crippen LogP contribution >= 0.6 is 37.0 Å². The number of carboxylic acid groups (broad SMARTS) is 1. The van der Waals surface area contributed by atoms with Gasteiger partial charge in [-0.1, -0.05) is 0 Å². The van der Waals surface area contributed by atoms with E-state index in [1.54, 1.807) is 0 Å². The molecule has 0 saturated heterocycles. The smallest absolute Gasteiger partial charge is 0.325 e. The van der Waals surface area contributed by atoms with Gasteiger partial charge in [0.05, 0.1) is 6.04 Å². The Kier molecular flexibility index (Phi) is 12.6. The summed E-state index contributed by atoms with van der Waals surface area (Å²) in [5.74, 6) is -2.28. The predicted octanol–water partition coefficient (Wildman–Crippen LogP) is -1.51. The average Bonchev–Trinajstić information content (AvgIpc) is 2.61. The molecule has 0 rings (SSSR count). The standard InChI is InChI=1S/C14H26N4O5S3/c1-7(14(22)23)16-12(20)9(3-4-26-2)17-13(21)10(6-25)18-11(19)8(15)5-24/h7-10,24-25H,3-6,15H2,1-2H3,(H,16,20)(H,17,21)(H,18,19)(H,22,23). The Bertz CT molecular complexity index is 509. The van der Waals surface area contributed by atoms with Crippen LogP contribution in [0.1, 0.15) is 13.3 Å². The van der Waals surface area contributed by atoms with Crippen molar-refractivity contribution in [2.24, 2.45) is 5.73 Å². The number of thiol groups is 2. The lowest BCUT2D eigenvalue weighted by molar-refractivity contribution is -0.141. The summed E-state index contributed by atoms with van der Waals surface area (Å²) in [4.78, 5) is 47.3. The lowest BCUT2D eigenvalue weighted by Gasteiger charge is -2.23. The number of rotatable bonds is 12. The summed E-state index contributed by atoms with van der Waals surface area (Å²) in [6.45, 7) is 1.32. The van der Waals surface area contributed by atoms with Crippen LogP contribution in [0.2, 0.25) is 0 Å². The second-order valence-electron chi connectivity index (χ2n) is 5.44. The molecule has 0 aromatic heterocycles. The van der Waals surface area contributed by atoms with E-state index in [2.05, 4.69) is 41.2 Å². The minimum atomic E-state index is -1.19. The third-order valence-corrected chi connectivity index (χ3v) is 4.72. The van der Waals surface area contributed by atoms with E-state index in [0.717, 1.165) is 0 Å². The summed E-state index contributed by atoms with van der Waals surface area (Å²) in [5, 5.41) is 16.2. The fourth-order valence-electron chi connectivity index (χ4n) is 1.71. The molecular formula is C14H26N4O5S3. The van der Waals surface area contributed by atoms with Crippen LogP contribution in [-0.4, -0.2) is 76.5 Å². The lowest BCUT2D eigenvalue weighted by atomic mass is 10.1. The predicted molar refractivity (Wildman–Crippen MR) is 108 cm³/mol. The molecule has 0 fully saturated rings. The topological polar surface area (TPSA) is 151 Å². The maximum Gasteiger partial charge on any atom is 0.325 e. The molecule has 0 aromatic rings. The fraction of sp³-hybridized carbons (Fsp3) is 0.714. The molecule has 4 atom stereocenters. The average molecular weight is 427 g/mol. The van der Waals surface area contributed by atoms with Gasteiger partial charge in [-0.2, -0.15) is 37.0 Å². The zero-order valence-electron chi connectivity index (χ0n) is 14.6. The first-order valence-electron chi connectivity index (χ1n) is 7.78. The Morgan fingerprint density at radius 3 is 2.00 bits per heavy atom. The second kappa shape index (κ2) is 13.1. The Balaban J connectivity index is 4.99. The third-order valence-electron chi connectivity index (χ3n) is 3.32. The molecule has 0 aliphatic heterocycles. The number of carbonyl (C=O) groups excluding carboxylic acids is 3. The number of nitrogens with one attached hydrogen (secondary N) is 3. The third kappa shape index (κ3) is 9.01. The summed E-state index contributed by atoms with van der Waals surface area (Å²) >= 11 is 9.43. The first-order valence-corrected chi connectivity index (χ1v) is 10.4. The fourth-order valence-corrected chi connectivity index (χ4v) is 2.60. The summed E-state index contributed by atoms with van der Waals surface area (Å²) in [5.41, 5.74) is 5.55. The molecule has 150 valence electrons. The Morgan fingerprint density at radius 2 is 1.54 bits per heavy atom. The minimum Gasteiger partial charge on any atom is -0.480 e. The van der Waals surface area contributed by atoms with Crippen molar-refractivity contribution < 1.29 is 24.3 Å². The Labute approximate surface area is 167 Å². The largest absolute Gasteiger partial charge is 0.480 e. The number of thioether (sulfide) groups is 1. The molecule has 6 N–H and O–H groups in total. The summed E-state index contributed by atoms with van der Waals surface area (Å²) < 4.78 is 0. The number of amides is 3. The van der Waals surface area contributed by atoms with Gasteiger partial charge in [0.15, 0.2) is 0 Å². The van der Waals surface area contributed by atoms with Crippen LogP contribution in [0.25, 0.3) is 0 Å². The second-order valence-corrected chi connectivity index (χ2v) is 7.16. The molecule has 0 radical (unpaired) electrons. The molecule has 26 heavy (non-hydrogen) atoms. The van der Waals surface area contributed by atoms with Crippen molar-refractivity contribution in [2.75, 3.05) is 23.5 Å². The number of nitrogens with two attached hydrogens (primary N) is 1. The van der Waals surface area contributed by atoms with E-state index in [-0.39, 0.29) is 11.5 Å². The number of hydrogen-bond donors (Lipinski definition) is 7. The molecule has 4 unspecified atom stereocenters. The maximum absolute atomic E-state index is 12.4. The van der Waals surface area contributed by atoms with Crippen LogP contribution in [0, 0.1) is 0 Å². The zero-order valence-corrected chi connectivity index (χ0v) is 17.2. The van der Waals surface area contributed by atoms with Gasteiger partial charge < -0.3 is 26.8 Å². The van der Waals surface area contributed by atoms with Crippen molar-refractivity contribution in [1.82, 2.24) is 16.0 Å². The molecule has 0 bridgehead atoms. The van der Waals surface area contributed by atoms with Gasteiger partial charge in [-0.05, 0) is 25.4 Å². The molecule has 0 aromatic carbocycles. The van der Waals surface area contributed by atoms with Gasteiger partial charge in [0.25, 0.3) is 0 Å². The van der Waals surface area contributed by atoms with E-state index in [0.29, 0.717) is 12.2 Å². The highest BCUT2D eigenvalue weighted by atomic mass is 32.2. The molecule has 0 aliphatic rings. The van der Waals surface area contributed by atoms with Crippen LogP contribution in [0.3, 0.4) is 0 Å². The van der Waals surface area contributed by atoms with Gasteiger partial charge in [0.1, 0.15) is 18.1 Å². The molecule has 0 aliphatic carbocycles. The van der Waals surface area contributed by atoms with Gasteiger partial charge in [-0.15, -0.1) is 0 Å². The van der Waals surface area contributed by atoms with Crippen LogP contribution in [0.15, 0.2) is 0 Å². The van der Waals surface area contributed by atoms with Crippen molar-refractivity contribution in [1.29, 1.82) is 0 Å². The minimum absolute atomic E-state index is 0.000734. The van der Waals surface area contributed by atoms with Gasteiger partial charge >= 0.3 is 5.97 Å². The lowest BCUT2D eigenvalue weighted by Crippen LogP contribution is -2.57. The summed E-state index contributed by atoms with van der Waals surface area (Å²) in [6, 6.07) is -3.89. The highest BCUT2D eigenvalue weighted by molar-refractivity contribution is 7.98. The highest BCUT2D eigenvalue weighted by Crippen LogP contribution is 2.03. The zero-order chi connectivity index (χ0) is 20.3. The van der Waals surface area contributed by atoms with E-state index in [9.17, 15) is 19.2 Å². The summed E-state index contributed by atoms with van der Waals surface area (Å²) in [6.07, 6.45) is 2.14. The SMILES string of the molecule is CSCCC(NC(=O)C(CS)NC(=O)C(N)CS)C(=O)NC(C)C(=O)O. The van der Waals surface area contributed by atoms with Gasteiger partial charge in [-0.3, -0.25) is 19.2 Å². The Morgan fingerprint density at radius 1 is 1.00 bits per heavy atom. The number of hydrogen-bond acceptors (Lipinski definition) is 8.